The molecule has 18 heavy (non-hydrogen) atoms. The van der Waals surface area contributed by atoms with Gasteiger partial charge in [-0.15, -0.1) is 11.3 Å². The Balaban J connectivity index is 2.05. The summed E-state index contributed by atoms with van der Waals surface area (Å²) < 4.78 is 5.57. The van der Waals surface area contributed by atoms with Gasteiger partial charge in [0.1, 0.15) is 0 Å². The van der Waals surface area contributed by atoms with E-state index in [0.29, 0.717) is 18.4 Å². The van der Waals surface area contributed by atoms with Crippen molar-refractivity contribution in [3.05, 3.63) is 28.3 Å². The minimum Gasteiger partial charge on any atom is -0.475 e. The number of ether oxygens (including phenoxy) is 1. The number of nitrogens with zero attached hydrogens (tertiary/aromatic N) is 3. The molecule has 2 heterocycles. The molecule has 0 saturated carbocycles. The third kappa shape index (κ3) is 3.66. The number of anilines is 1. The Bertz CT molecular complexity index is 499. The van der Waals surface area contributed by atoms with Crippen LogP contribution in [0.2, 0.25) is 0 Å². The molecule has 96 valence electrons. The molecular formula is C12H16N4OS. The second-order valence-electron chi connectivity index (χ2n) is 4.17. The van der Waals surface area contributed by atoms with Crippen molar-refractivity contribution >= 4 is 17.3 Å². The fourth-order valence-electron chi connectivity index (χ4n) is 1.42. The highest BCUT2D eigenvalue weighted by molar-refractivity contribution is 7.07. The molecule has 2 rings (SSSR count). The molecule has 0 aliphatic heterocycles. The summed E-state index contributed by atoms with van der Waals surface area (Å²) in [7, 11) is 0. The molecule has 0 amide bonds. The molecule has 2 aromatic heterocycles. The van der Waals surface area contributed by atoms with Crippen molar-refractivity contribution in [2.75, 3.05) is 5.32 Å². The van der Waals surface area contributed by atoms with E-state index in [4.69, 9.17) is 4.74 Å². The molecule has 0 aliphatic rings. The van der Waals surface area contributed by atoms with Crippen LogP contribution in [0.5, 0.6) is 5.88 Å². The number of hydrogen-bond acceptors (Lipinski definition) is 6. The largest absolute Gasteiger partial charge is 0.475 e. The summed E-state index contributed by atoms with van der Waals surface area (Å²) in [6, 6.07) is 1.83. The summed E-state index contributed by atoms with van der Waals surface area (Å²) in [6.07, 6.45) is 0.102. The van der Waals surface area contributed by atoms with E-state index in [1.807, 2.05) is 32.2 Å². The van der Waals surface area contributed by atoms with E-state index in [9.17, 15) is 0 Å². The second-order valence-corrected chi connectivity index (χ2v) is 4.89. The van der Waals surface area contributed by atoms with Crippen molar-refractivity contribution < 1.29 is 4.74 Å². The Morgan fingerprint density at radius 1 is 1.39 bits per heavy atom. The smallest absolute Gasteiger partial charge is 0.226 e. The lowest BCUT2D eigenvalue weighted by atomic mass is 10.4. The average molecular weight is 264 g/mol. The first-order valence-corrected chi connectivity index (χ1v) is 6.71. The molecule has 2 aromatic rings. The summed E-state index contributed by atoms with van der Waals surface area (Å²) in [5, 5.41) is 5.14. The van der Waals surface area contributed by atoms with E-state index < -0.39 is 0 Å². The minimum absolute atomic E-state index is 0.102. The first-order valence-electron chi connectivity index (χ1n) is 5.77. The van der Waals surface area contributed by atoms with Gasteiger partial charge < -0.3 is 10.1 Å². The first-order chi connectivity index (χ1) is 8.63. The molecule has 0 atom stereocenters. The number of rotatable bonds is 5. The predicted octanol–water partition coefficient (Wildman–Crippen LogP) is 2.64. The van der Waals surface area contributed by atoms with E-state index in [1.165, 1.54) is 0 Å². The third-order valence-electron chi connectivity index (χ3n) is 2.10. The molecule has 0 saturated heterocycles. The minimum atomic E-state index is 0.102. The zero-order valence-corrected chi connectivity index (χ0v) is 11.5. The van der Waals surface area contributed by atoms with Crippen molar-refractivity contribution in [3.8, 4) is 5.88 Å². The van der Waals surface area contributed by atoms with Gasteiger partial charge >= 0.3 is 0 Å². The van der Waals surface area contributed by atoms with Crippen LogP contribution in [-0.2, 0) is 6.54 Å². The molecule has 0 aliphatic carbocycles. The average Bonchev–Trinajstić information content (AvgIpc) is 2.77. The van der Waals surface area contributed by atoms with Gasteiger partial charge in [-0.3, -0.25) is 0 Å². The fourth-order valence-corrected chi connectivity index (χ4v) is 1.97. The van der Waals surface area contributed by atoms with Crippen molar-refractivity contribution in [2.24, 2.45) is 0 Å². The molecule has 0 unspecified atom stereocenters. The summed E-state index contributed by atoms with van der Waals surface area (Å²) in [5.41, 5.74) is 3.67. The molecule has 0 aromatic carbocycles. The van der Waals surface area contributed by atoms with Gasteiger partial charge in [-0.05, 0) is 20.8 Å². The van der Waals surface area contributed by atoms with Crippen LogP contribution in [0.1, 0.15) is 25.2 Å². The van der Waals surface area contributed by atoms with E-state index in [-0.39, 0.29) is 6.10 Å². The normalized spacial score (nSPS) is 10.7. The highest BCUT2D eigenvalue weighted by Gasteiger charge is 2.05. The highest BCUT2D eigenvalue weighted by atomic mass is 32.1. The van der Waals surface area contributed by atoms with Gasteiger partial charge in [0.2, 0.25) is 11.8 Å². The quantitative estimate of drug-likeness (QED) is 0.899. The highest BCUT2D eigenvalue weighted by Crippen LogP contribution is 2.14. The lowest BCUT2D eigenvalue weighted by Crippen LogP contribution is -2.10. The van der Waals surface area contributed by atoms with Gasteiger partial charge in [0.05, 0.1) is 23.9 Å². The summed E-state index contributed by atoms with van der Waals surface area (Å²) in [6.45, 7) is 6.48. The van der Waals surface area contributed by atoms with Crippen LogP contribution in [0.4, 0.5) is 5.95 Å². The maximum atomic E-state index is 5.57. The monoisotopic (exact) mass is 264 g/mol. The number of aromatic nitrogens is 3. The van der Waals surface area contributed by atoms with Crippen LogP contribution < -0.4 is 10.1 Å². The van der Waals surface area contributed by atoms with Crippen LogP contribution >= 0.6 is 11.3 Å². The molecule has 0 fully saturated rings. The van der Waals surface area contributed by atoms with Gasteiger partial charge in [0, 0.05) is 17.1 Å². The van der Waals surface area contributed by atoms with Crippen LogP contribution in [0.3, 0.4) is 0 Å². The summed E-state index contributed by atoms with van der Waals surface area (Å²) >= 11 is 1.57. The van der Waals surface area contributed by atoms with Gasteiger partial charge in [0.25, 0.3) is 0 Å². The van der Waals surface area contributed by atoms with Gasteiger partial charge in [-0.1, -0.05) is 0 Å². The lowest BCUT2D eigenvalue weighted by molar-refractivity contribution is 0.232. The van der Waals surface area contributed by atoms with Crippen molar-refractivity contribution in [2.45, 2.75) is 33.4 Å². The number of nitrogens with one attached hydrogen (secondary N) is 1. The number of thiazole rings is 1. The molecular weight excluding hydrogens is 248 g/mol. The predicted molar refractivity (Wildman–Crippen MR) is 72.0 cm³/mol. The lowest BCUT2D eigenvalue weighted by Gasteiger charge is -2.11. The molecule has 1 N–H and O–H groups in total. The molecule has 0 radical (unpaired) electrons. The van der Waals surface area contributed by atoms with E-state index >= 15 is 0 Å². The Morgan fingerprint density at radius 2 is 2.22 bits per heavy atom. The topological polar surface area (TPSA) is 59.9 Å². The zero-order valence-electron chi connectivity index (χ0n) is 10.7. The Morgan fingerprint density at radius 3 is 2.89 bits per heavy atom. The summed E-state index contributed by atoms with van der Waals surface area (Å²) in [4.78, 5) is 12.8. The number of hydrogen-bond donors (Lipinski definition) is 1. The van der Waals surface area contributed by atoms with E-state index in [2.05, 4.69) is 20.3 Å². The first kappa shape index (κ1) is 12.8. The molecule has 0 bridgehead atoms. The third-order valence-corrected chi connectivity index (χ3v) is 2.73. The van der Waals surface area contributed by atoms with Crippen LogP contribution in [-0.4, -0.2) is 21.1 Å². The standard InChI is InChI=1S/C12H16N4OS/c1-8(2)17-11-4-9(3)15-12(16-11)13-5-10-6-18-7-14-10/h4,6-8H,5H2,1-3H3,(H,13,15,16). The SMILES string of the molecule is Cc1cc(OC(C)C)nc(NCc2cscn2)n1. The zero-order chi connectivity index (χ0) is 13.0. The Labute approximate surface area is 110 Å². The molecule has 0 spiro atoms. The van der Waals surface area contributed by atoms with Gasteiger partial charge in [-0.2, -0.15) is 4.98 Å². The van der Waals surface area contributed by atoms with Crippen LogP contribution in [0.15, 0.2) is 17.0 Å². The van der Waals surface area contributed by atoms with E-state index in [0.717, 1.165) is 11.4 Å². The van der Waals surface area contributed by atoms with Crippen molar-refractivity contribution in [1.29, 1.82) is 0 Å². The summed E-state index contributed by atoms with van der Waals surface area (Å²) in [5.74, 6) is 1.16. The Hall–Kier alpha value is -1.69. The molecule has 5 nitrogen and oxygen atoms in total. The Kier molecular flexibility index (Phi) is 4.09. The van der Waals surface area contributed by atoms with Gasteiger partial charge in [-0.25, -0.2) is 9.97 Å². The number of aryl methyl sites for hydroxylation is 1. The maximum Gasteiger partial charge on any atom is 0.226 e. The van der Waals surface area contributed by atoms with Crippen molar-refractivity contribution in [3.63, 3.8) is 0 Å². The van der Waals surface area contributed by atoms with E-state index in [1.54, 1.807) is 16.8 Å². The molecule has 6 heteroatoms. The second kappa shape index (κ2) is 5.77. The maximum absolute atomic E-state index is 5.57. The van der Waals surface area contributed by atoms with Gasteiger partial charge in [0.15, 0.2) is 0 Å². The fraction of sp³-hybridized carbons (Fsp3) is 0.417. The van der Waals surface area contributed by atoms with Crippen molar-refractivity contribution in [1.82, 2.24) is 15.0 Å². The van der Waals surface area contributed by atoms with Crippen LogP contribution in [0.25, 0.3) is 0 Å². The van der Waals surface area contributed by atoms with Crippen LogP contribution in [0, 0.1) is 6.92 Å².